The fourth-order valence-electron chi connectivity index (χ4n) is 3.11. The number of carbonyl (C=O) groups is 1. The van der Waals surface area contributed by atoms with Gasteiger partial charge in [-0.05, 0) is 69.0 Å². The van der Waals surface area contributed by atoms with Crippen LogP contribution in [0.3, 0.4) is 0 Å². The van der Waals surface area contributed by atoms with E-state index in [1.807, 2.05) is 52.8 Å². The Morgan fingerprint density at radius 1 is 1.15 bits per heavy atom. The second-order valence-electron chi connectivity index (χ2n) is 6.66. The van der Waals surface area contributed by atoms with Gasteiger partial charge in [0.15, 0.2) is 0 Å². The number of rotatable bonds is 6. The highest BCUT2D eigenvalue weighted by molar-refractivity contribution is 5.74. The number of urea groups is 1. The molecule has 1 unspecified atom stereocenters. The van der Waals surface area contributed by atoms with Crippen molar-refractivity contribution in [3.05, 3.63) is 46.1 Å². The molecule has 0 aliphatic heterocycles. The van der Waals surface area contributed by atoms with Crippen LogP contribution in [0.25, 0.3) is 0 Å². The number of benzene rings is 1. The molecule has 2 rings (SSSR count). The monoisotopic (exact) mass is 371 g/mol. The highest BCUT2D eigenvalue weighted by Crippen LogP contribution is 2.35. The summed E-state index contributed by atoms with van der Waals surface area (Å²) in [6.07, 6.45) is 0.762. The first-order valence-corrected chi connectivity index (χ1v) is 9.10. The molecule has 2 amide bonds. The van der Waals surface area contributed by atoms with E-state index in [1.165, 1.54) is 0 Å². The minimum Gasteiger partial charge on any atom is -0.497 e. The lowest BCUT2D eigenvalue weighted by molar-refractivity contribution is 0.238. The van der Waals surface area contributed by atoms with Crippen LogP contribution in [0.1, 0.15) is 47.3 Å². The minimum atomic E-state index is -0.208. The standard InChI is InChI=1S/C21H29N3O3/c1-8-18(24-21(25)22-6)17-11-14(4)23-20(15(17)5)27-19-12(2)9-16(26-7)10-13(19)3/h9-11,18H,8H2,1-7H3,(H2,22,24,25). The van der Waals surface area contributed by atoms with Crippen molar-refractivity contribution in [3.8, 4) is 17.4 Å². The van der Waals surface area contributed by atoms with Gasteiger partial charge in [-0.15, -0.1) is 0 Å². The van der Waals surface area contributed by atoms with Crippen LogP contribution in [0.4, 0.5) is 4.79 Å². The first kappa shape index (κ1) is 20.6. The van der Waals surface area contributed by atoms with Crippen molar-refractivity contribution >= 4 is 6.03 Å². The highest BCUT2D eigenvalue weighted by atomic mass is 16.5. The molecule has 1 atom stereocenters. The molecule has 27 heavy (non-hydrogen) atoms. The van der Waals surface area contributed by atoms with Crippen LogP contribution in [0.5, 0.6) is 17.4 Å². The van der Waals surface area contributed by atoms with Gasteiger partial charge in [0.05, 0.1) is 13.2 Å². The Hall–Kier alpha value is -2.76. The van der Waals surface area contributed by atoms with E-state index in [0.29, 0.717) is 5.88 Å². The predicted octanol–water partition coefficient (Wildman–Crippen LogP) is 4.50. The average Bonchev–Trinajstić information content (AvgIpc) is 2.64. The number of hydrogen-bond donors (Lipinski definition) is 2. The van der Waals surface area contributed by atoms with Gasteiger partial charge in [-0.1, -0.05) is 6.92 Å². The molecule has 6 heteroatoms. The zero-order valence-electron chi connectivity index (χ0n) is 17.2. The van der Waals surface area contributed by atoms with Gasteiger partial charge in [-0.2, -0.15) is 0 Å². The molecular formula is C21H29N3O3. The third-order valence-corrected chi connectivity index (χ3v) is 4.58. The van der Waals surface area contributed by atoms with Crippen molar-refractivity contribution in [2.24, 2.45) is 0 Å². The van der Waals surface area contributed by atoms with Gasteiger partial charge >= 0.3 is 6.03 Å². The van der Waals surface area contributed by atoms with Crippen molar-refractivity contribution in [1.29, 1.82) is 0 Å². The molecule has 0 radical (unpaired) electrons. The van der Waals surface area contributed by atoms with E-state index >= 15 is 0 Å². The lowest BCUT2D eigenvalue weighted by Gasteiger charge is -2.22. The lowest BCUT2D eigenvalue weighted by Crippen LogP contribution is -2.35. The molecule has 0 aliphatic rings. The van der Waals surface area contributed by atoms with Crippen LogP contribution in [-0.4, -0.2) is 25.2 Å². The summed E-state index contributed by atoms with van der Waals surface area (Å²) in [6, 6.07) is 5.55. The van der Waals surface area contributed by atoms with E-state index in [1.54, 1.807) is 14.2 Å². The number of nitrogens with one attached hydrogen (secondary N) is 2. The van der Waals surface area contributed by atoms with Gasteiger partial charge in [0.2, 0.25) is 5.88 Å². The van der Waals surface area contributed by atoms with Crippen molar-refractivity contribution in [2.75, 3.05) is 14.2 Å². The number of hydrogen-bond acceptors (Lipinski definition) is 4. The molecule has 146 valence electrons. The van der Waals surface area contributed by atoms with Gasteiger partial charge < -0.3 is 20.1 Å². The molecule has 2 N–H and O–H groups in total. The smallest absolute Gasteiger partial charge is 0.315 e. The SMILES string of the molecule is CCC(NC(=O)NC)c1cc(C)nc(Oc2c(C)cc(OC)cc2C)c1C. The van der Waals surface area contributed by atoms with E-state index in [4.69, 9.17) is 9.47 Å². The number of aromatic nitrogens is 1. The molecule has 0 bridgehead atoms. The average molecular weight is 371 g/mol. The Morgan fingerprint density at radius 3 is 2.30 bits per heavy atom. The quantitative estimate of drug-likeness (QED) is 0.784. The van der Waals surface area contributed by atoms with E-state index in [-0.39, 0.29) is 12.1 Å². The Bertz CT molecular complexity index is 811. The highest BCUT2D eigenvalue weighted by Gasteiger charge is 2.19. The number of ether oxygens (including phenoxy) is 2. The van der Waals surface area contributed by atoms with Gasteiger partial charge in [0.25, 0.3) is 0 Å². The fourth-order valence-corrected chi connectivity index (χ4v) is 3.11. The van der Waals surface area contributed by atoms with Gasteiger partial charge in [0.1, 0.15) is 11.5 Å². The second-order valence-corrected chi connectivity index (χ2v) is 6.66. The second kappa shape index (κ2) is 8.75. The summed E-state index contributed by atoms with van der Waals surface area (Å²) in [4.78, 5) is 16.4. The van der Waals surface area contributed by atoms with Gasteiger partial charge in [-0.25, -0.2) is 9.78 Å². The Balaban J connectivity index is 2.45. The predicted molar refractivity (Wildman–Crippen MR) is 107 cm³/mol. The van der Waals surface area contributed by atoms with E-state index in [0.717, 1.165) is 45.9 Å². The van der Waals surface area contributed by atoms with Crippen molar-refractivity contribution in [1.82, 2.24) is 15.6 Å². The molecule has 0 saturated carbocycles. The third-order valence-electron chi connectivity index (χ3n) is 4.58. The Kier molecular flexibility index (Phi) is 6.66. The first-order chi connectivity index (χ1) is 12.8. The summed E-state index contributed by atoms with van der Waals surface area (Å²) in [5, 5.41) is 5.58. The van der Waals surface area contributed by atoms with Crippen LogP contribution in [0, 0.1) is 27.7 Å². The summed E-state index contributed by atoms with van der Waals surface area (Å²) in [6.45, 7) is 9.90. The van der Waals surface area contributed by atoms with Gasteiger partial charge in [-0.3, -0.25) is 0 Å². The largest absolute Gasteiger partial charge is 0.497 e. The van der Waals surface area contributed by atoms with Crippen LogP contribution >= 0.6 is 0 Å². The summed E-state index contributed by atoms with van der Waals surface area (Å²) in [5.41, 5.74) is 4.72. The van der Waals surface area contributed by atoms with Crippen molar-refractivity contribution in [3.63, 3.8) is 0 Å². The molecule has 6 nitrogen and oxygen atoms in total. The van der Waals surface area contributed by atoms with E-state index in [9.17, 15) is 4.79 Å². The molecule has 2 aromatic rings. The number of carbonyl (C=O) groups excluding carboxylic acids is 1. The molecule has 0 spiro atoms. The normalized spacial score (nSPS) is 11.7. The third kappa shape index (κ3) is 4.70. The summed E-state index contributed by atoms with van der Waals surface area (Å²) >= 11 is 0. The Morgan fingerprint density at radius 2 is 1.78 bits per heavy atom. The zero-order valence-corrected chi connectivity index (χ0v) is 17.2. The van der Waals surface area contributed by atoms with Gasteiger partial charge in [0, 0.05) is 18.3 Å². The summed E-state index contributed by atoms with van der Waals surface area (Å²) in [7, 11) is 3.26. The summed E-state index contributed by atoms with van der Waals surface area (Å²) < 4.78 is 11.5. The Labute approximate surface area is 161 Å². The lowest BCUT2D eigenvalue weighted by atomic mass is 9.99. The van der Waals surface area contributed by atoms with E-state index < -0.39 is 0 Å². The number of nitrogens with zero attached hydrogens (tertiary/aromatic N) is 1. The maximum atomic E-state index is 11.8. The molecule has 1 aromatic heterocycles. The molecule has 0 saturated heterocycles. The van der Waals surface area contributed by atoms with E-state index in [2.05, 4.69) is 15.6 Å². The fraction of sp³-hybridized carbons (Fsp3) is 0.429. The maximum Gasteiger partial charge on any atom is 0.315 e. The molecular weight excluding hydrogens is 342 g/mol. The summed E-state index contributed by atoms with van der Waals surface area (Å²) in [5.74, 6) is 2.13. The first-order valence-electron chi connectivity index (χ1n) is 9.10. The number of methoxy groups -OCH3 is 1. The molecule has 0 fully saturated rings. The van der Waals surface area contributed by atoms with Crippen LogP contribution < -0.4 is 20.1 Å². The zero-order chi connectivity index (χ0) is 20.1. The topological polar surface area (TPSA) is 72.5 Å². The number of pyridine rings is 1. The van der Waals surface area contributed by atoms with Crippen molar-refractivity contribution in [2.45, 2.75) is 47.1 Å². The number of aryl methyl sites for hydroxylation is 3. The number of amides is 2. The molecule has 1 heterocycles. The molecule has 1 aromatic carbocycles. The van der Waals surface area contributed by atoms with Crippen LogP contribution in [-0.2, 0) is 0 Å². The molecule has 0 aliphatic carbocycles. The van der Waals surface area contributed by atoms with Crippen LogP contribution in [0.2, 0.25) is 0 Å². The minimum absolute atomic E-state index is 0.118. The van der Waals surface area contributed by atoms with Crippen LogP contribution in [0.15, 0.2) is 18.2 Å². The van der Waals surface area contributed by atoms with Crippen molar-refractivity contribution < 1.29 is 14.3 Å². The maximum absolute atomic E-state index is 11.8.